The Morgan fingerprint density at radius 2 is 1.76 bits per heavy atom. The van der Waals surface area contributed by atoms with Gasteiger partial charge in [0, 0.05) is 12.6 Å². The van der Waals surface area contributed by atoms with E-state index in [-0.39, 0.29) is 12.1 Å². The van der Waals surface area contributed by atoms with Gasteiger partial charge in [-0.05, 0) is 36.6 Å². The van der Waals surface area contributed by atoms with E-state index in [1.165, 1.54) is 0 Å². The third kappa shape index (κ3) is 4.45. The van der Waals surface area contributed by atoms with Gasteiger partial charge >= 0.3 is 0 Å². The van der Waals surface area contributed by atoms with Crippen molar-refractivity contribution in [2.45, 2.75) is 25.5 Å². The highest BCUT2D eigenvalue weighted by molar-refractivity contribution is 6.42. The first kappa shape index (κ1) is 16.3. The smallest absolute Gasteiger partial charge is 0.0978 e. The highest BCUT2D eigenvalue weighted by atomic mass is 35.5. The van der Waals surface area contributed by atoms with Crippen LogP contribution >= 0.6 is 23.2 Å². The summed E-state index contributed by atoms with van der Waals surface area (Å²) >= 11 is 12.0. The van der Waals surface area contributed by atoms with Gasteiger partial charge in [-0.25, -0.2) is 0 Å². The number of benzene rings is 2. The summed E-state index contributed by atoms with van der Waals surface area (Å²) in [5, 5.41) is 1.10. The second kappa shape index (κ2) is 7.81. The number of ether oxygens (including phenoxy) is 1. The van der Waals surface area contributed by atoms with Crippen molar-refractivity contribution in [3.05, 3.63) is 69.7 Å². The summed E-state index contributed by atoms with van der Waals surface area (Å²) in [6.45, 7) is 2.59. The van der Waals surface area contributed by atoms with Crippen LogP contribution in [0.5, 0.6) is 0 Å². The zero-order valence-corrected chi connectivity index (χ0v) is 13.4. The van der Waals surface area contributed by atoms with Crippen molar-refractivity contribution >= 4 is 23.2 Å². The van der Waals surface area contributed by atoms with E-state index >= 15 is 0 Å². The first-order valence-electron chi connectivity index (χ1n) is 6.98. The number of hydrogen-bond acceptors (Lipinski definition) is 2. The van der Waals surface area contributed by atoms with Crippen LogP contribution in [0.1, 0.15) is 24.2 Å². The molecular formula is C17H19Cl2NO. The minimum atomic E-state index is -0.149. The van der Waals surface area contributed by atoms with Gasteiger partial charge in [-0.1, -0.05) is 59.6 Å². The molecule has 2 rings (SSSR count). The summed E-state index contributed by atoms with van der Waals surface area (Å²) in [5.41, 5.74) is 8.50. The van der Waals surface area contributed by atoms with Crippen LogP contribution in [0.4, 0.5) is 0 Å². The second-order valence-electron chi connectivity index (χ2n) is 4.90. The van der Waals surface area contributed by atoms with Gasteiger partial charge in [0.15, 0.2) is 0 Å². The van der Waals surface area contributed by atoms with E-state index in [0.717, 1.165) is 11.1 Å². The lowest BCUT2D eigenvalue weighted by atomic mass is 9.96. The summed E-state index contributed by atoms with van der Waals surface area (Å²) in [5.74, 6) is 0. The van der Waals surface area contributed by atoms with Crippen molar-refractivity contribution in [1.82, 2.24) is 0 Å². The minimum Gasteiger partial charge on any atom is -0.372 e. The summed E-state index contributed by atoms with van der Waals surface area (Å²) < 4.78 is 5.83. The maximum atomic E-state index is 6.36. The molecule has 0 amide bonds. The lowest BCUT2D eigenvalue weighted by Gasteiger charge is -2.24. The van der Waals surface area contributed by atoms with E-state index < -0.39 is 0 Å². The molecule has 0 aliphatic rings. The zero-order valence-electron chi connectivity index (χ0n) is 11.9. The van der Waals surface area contributed by atoms with Crippen LogP contribution in [0.3, 0.4) is 0 Å². The van der Waals surface area contributed by atoms with E-state index in [0.29, 0.717) is 23.1 Å². The van der Waals surface area contributed by atoms with Crippen LogP contribution < -0.4 is 5.73 Å². The molecule has 0 aliphatic carbocycles. The summed E-state index contributed by atoms with van der Waals surface area (Å²) in [6.07, 6.45) is 0.543. The molecule has 0 saturated carbocycles. The molecule has 2 aromatic carbocycles. The predicted molar refractivity (Wildman–Crippen MR) is 89.0 cm³/mol. The number of halogens is 2. The first-order valence-corrected chi connectivity index (χ1v) is 7.73. The fourth-order valence-electron chi connectivity index (χ4n) is 2.34. The summed E-state index contributed by atoms with van der Waals surface area (Å²) in [4.78, 5) is 0. The molecular weight excluding hydrogens is 305 g/mol. The number of hydrogen-bond donors (Lipinski definition) is 1. The number of nitrogens with two attached hydrogens (primary N) is 1. The molecule has 0 heterocycles. The Kier molecular flexibility index (Phi) is 6.07. The SMILES string of the molecule is CCOC(c1ccccc1)C(N)Cc1ccc(Cl)c(Cl)c1. The normalized spacial score (nSPS) is 13.9. The maximum absolute atomic E-state index is 6.36. The maximum Gasteiger partial charge on any atom is 0.0978 e. The quantitative estimate of drug-likeness (QED) is 0.840. The Hall–Kier alpha value is -1.06. The standard InChI is InChI=1S/C17H19Cl2NO/c1-2-21-17(13-6-4-3-5-7-13)16(20)11-12-8-9-14(18)15(19)10-12/h3-10,16-17H,2,11,20H2,1H3. The minimum absolute atomic E-state index is 0.134. The Bertz CT molecular complexity index is 574. The number of rotatable bonds is 6. The lowest BCUT2D eigenvalue weighted by Crippen LogP contribution is -2.32. The molecule has 2 nitrogen and oxygen atoms in total. The van der Waals surface area contributed by atoms with Crippen molar-refractivity contribution in [2.24, 2.45) is 5.73 Å². The van der Waals surface area contributed by atoms with Crippen LogP contribution in [0.25, 0.3) is 0 Å². The van der Waals surface area contributed by atoms with Crippen LogP contribution in [-0.4, -0.2) is 12.6 Å². The monoisotopic (exact) mass is 323 g/mol. The van der Waals surface area contributed by atoms with Gasteiger partial charge in [-0.2, -0.15) is 0 Å². The largest absolute Gasteiger partial charge is 0.372 e. The molecule has 0 radical (unpaired) electrons. The Morgan fingerprint density at radius 1 is 1.05 bits per heavy atom. The van der Waals surface area contributed by atoms with Gasteiger partial charge in [0.25, 0.3) is 0 Å². The van der Waals surface area contributed by atoms with E-state index in [4.69, 9.17) is 33.7 Å². The molecule has 0 bridgehead atoms. The van der Waals surface area contributed by atoms with Crippen molar-refractivity contribution < 1.29 is 4.74 Å². The van der Waals surface area contributed by atoms with E-state index in [1.807, 2.05) is 49.4 Å². The topological polar surface area (TPSA) is 35.2 Å². The molecule has 2 unspecified atom stereocenters. The van der Waals surface area contributed by atoms with Gasteiger partial charge in [-0.15, -0.1) is 0 Å². The van der Waals surface area contributed by atoms with E-state index in [2.05, 4.69) is 0 Å². The highest BCUT2D eigenvalue weighted by Crippen LogP contribution is 2.26. The van der Waals surface area contributed by atoms with Gasteiger partial charge in [0.05, 0.1) is 16.1 Å². The molecule has 21 heavy (non-hydrogen) atoms. The Morgan fingerprint density at radius 3 is 2.38 bits per heavy atom. The molecule has 112 valence electrons. The molecule has 0 aliphatic heterocycles. The van der Waals surface area contributed by atoms with Crippen LogP contribution in [0.2, 0.25) is 10.0 Å². The average Bonchev–Trinajstić information content (AvgIpc) is 2.49. The zero-order chi connectivity index (χ0) is 15.2. The Balaban J connectivity index is 2.15. The van der Waals surface area contributed by atoms with Crippen molar-refractivity contribution in [1.29, 1.82) is 0 Å². The van der Waals surface area contributed by atoms with Crippen molar-refractivity contribution in [3.8, 4) is 0 Å². The molecule has 0 saturated heterocycles. The molecule has 0 aromatic heterocycles. The van der Waals surface area contributed by atoms with Gasteiger partial charge < -0.3 is 10.5 Å². The van der Waals surface area contributed by atoms with Crippen LogP contribution in [0, 0.1) is 0 Å². The van der Waals surface area contributed by atoms with Crippen LogP contribution in [0.15, 0.2) is 48.5 Å². The second-order valence-corrected chi connectivity index (χ2v) is 5.72. The molecule has 2 atom stereocenters. The fourth-order valence-corrected chi connectivity index (χ4v) is 2.66. The van der Waals surface area contributed by atoms with Crippen LogP contribution in [-0.2, 0) is 11.2 Å². The van der Waals surface area contributed by atoms with Gasteiger partial charge in [0.2, 0.25) is 0 Å². The molecule has 0 fully saturated rings. The first-order chi connectivity index (χ1) is 10.1. The summed E-state index contributed by atoms with van der Waals surface area (Å²) in [6, 6.07) is 15.5. The van der Waals surface area contributed by atoms with E-state index in [1.54, 1.807) is 6.07 Å². The molecule has 4 heteroatoms. The molecule has 0 spiro atoms. The molecule has 2 aromatic rings. The summed E-state index contributed by atoms with van der Waals surface area (Å²) in [7, 11) is 0. The molecule has 2 N–H and O–H groups in total. The van der Waals surface area contributed by atoms with Crippen molar-refractivity contribution in [3.63, 3.8) is 0 Å². The Labute approximate surface area is 135 Å². The van der Waals surface area contributed by atoms with Gasteiger partial charge in [-0.3, -0.25) is 0 Å². The highest BCUT2D eigenvalue weighted by Gasteiger charge is 2.20. The third-order valence-electron chi connectivity index (χ3n) is 3.32. The average molecular weight is 324 g/mol. The van der Waals surface area contributed by atoms with Gasteiger partial charge in [0.1, 0.15) is 0 Å². The van der Waals surface area contributed by atoms with E-state index in [9.17, 15) is 0 Å². The van der Waals surface area contributed by atoms with Crippen molar-refractivity contribution in [2.75, 3.05) is 6.61 Å². The predicted octanol–water partition coefficient (Wildman–Crippen LogP) is 4.64. The lowest BCUT2D eigenvalue weighted by molar-refractivity contribution is 0.0433. The fraction of sp³-hybridized carbons (Fsp3) is 0.294. The third-order valence-corrected chi connectivity index (χ3v) is 4.06.